The summed E-state index contributed by atoms with van der Waals surface area (Å²) >= 11 is 0. The summed E-state index contributed by atoms with van der Waals surface area (Å²) in [6.45, 7) is 1.84. The van der Waals surface area contributed by atoms with Gasteiger partial charge in [0.15, 0.2) is 0 Å². The fourth-order valence-electron chi connectivity index (χ4n) is 1.77. The van der Waals surface area contributed by atoms with Crippen molar-refractivity contribution in [2.45, 2.75) is 19.4 Å². The molecule has 19 heavy (non-hydrogen) atoms. The van der Waals surface area contributed by atoms with E-state index in [1.807, 2.05) is 0 Å². The van der Waals surface area contributed by atoms with E-state index in [1.165, 1.54) is 4.90 Å². The summed E-state index contributed by atoms with van der Waals surface area (Å²) in [6, 6.07) is 0. The van der Waals surface area contributed by atoms with E-state index in [2.05, 4.69) is 9.97 Å². The Balaban J connectivity index is 2.27. The number of aromatic amines is 1. The Hall–Kier alpha value is -2.22. The van der Waals surface area contributed by atoms with Crippen molar-refractivity contribution in [2.24, 2.45) is 0 Å². The van der Waals surface area contributed by atoms with Crippen LogP contribution in [0.2, 0.25) is 0 Å². The van der Waals surface area contributed by atoms with Crippen LogP contribution in [0.25, 0.3) is 0 Å². The third-order valence-corrected chi connectivity index (χ3v) is 2.64. The Kier molecular flexibility index (Phi) is 3.61. The van der Waals surface area contributed by atoms with Crippen molar-refractivity contribution in [3.8, 4) is 0 Å². The topological polar surface area (TPSA) is 113 Å². The fraction of sp³-hybridized carbons (Fsp3) is 0.455. The van der Waals surface area contributed by atoms with Gasteiger partial charge in [-0.15, -0.1) is 0 Å². The van der Waals surface area contributed by atoms with E-state index in [1.54, 1.807) is 6.92 Å². The summed E-state index contributed by atoms with van der Waals surface area (Å²) in [6.07, 6.45) is 0.274. The van der Waals surface area contributed by atoms with Crippen LogP contribution in [-0.2, 0) is 9.53 Å². The highest BCUT2D eigenvalue weighted by molar-refractivity contribution is 5.94. The van der Waals surface area contributed by atoms with Gasteiger partial charge in [0.05, 0.1) is 31.9 Å². The van der Waals surface area contributed by atoms with Crippen LogP contribution in [0.3, 0.4) is 0 Å². The van der Waals surface area contributed by atoms with Gasteiger partial charge in [0.1, 0.15) is 5.56 Å². The maximum atomic E-state index is 11.7. The molecule has 8 heteroatoms. The molecule has 0 saturated carbocycles. The first-order chi connectivity index (χ1) is 9.02. The number of esters is 1. The predicted octanol–water partition coefficient (Wildman–Crippen LogP) is -0.956. The Labute approximate surface area is 108 Å². The molecule has 0 bridgehead atoms. The van der Waals surface area contributed by atoms with E-state index in [0.29, 0.717) is 0 Å². The lowest BCUT2D eigenvalue weighted by Crippen LogP contribution is -2.31. The Bertz CT molecular complexity index is 568. The number of aliphatic hydroxyl groups excluding tert-OH is 1. The molecule has 8 nitrogen and oxygen atoms in total. The van der Waals surface area contributed by atoms with E-state index in [-0.39, 0.29) is 37.0 Å². The molecule has 102 valence electrons. The average molecular weight is 267 g/mol. The maximum absolute atomic E-state index is 11.7. The molecule has 1 saturated heterocycles. The van der Waals surface area contributed by atoms with E-state index < -0.39 is 17.6 Å². The average Bonchev–Trinajstić information content (AvgIpc) is 2.68. The molecule has 1 aromatic rings. The number of anilines is 1. The second-order valence-corrected chi connectivity index (χ2v) is 4.03. The van der Waals surface area contributed by atoms with Crippen LogP contribution in [0.5, 0.6) is 0 Å². The molecule has 0 aliphatic carbocycles. The number of nitrogens with zero attached hydrogens (tertiary/aromatic N) is 2. The minimum Gasteiger partial charge on any atom is -0.462 e. The number of amides is 1. The minimum absolute atomic E-state index is 0.0106. The van der Waals surface area contributed by atoms with Crippen LogP contribution in [0, 0.1) is 0 Å². The summed E-state index contributed by atoms with van der Waals surface area (Å²) in [7, 11) is 0. The lowest BCUT2D eigenvalue weighted by molar-refractivity contribution is -0.117. The van der Waals surface area contributed by atoms with Crippen molar-refractivity contribution in [1.29, 1.82) is 0 Å². The van der Waals surface area contributed by atoms with Gasteiger partial charge >= 0.3 is 5.97 Å². The second kappa shape index (κ2) is 5.19. The molecule has 2 N–H and O–H groups in total. The Morgan fingerprint density at radius 2 is 2.37 bits per heavy atom. The number of hydrogen-bond donors (Lipinski definition) is 2. The standard InChI is InChI=1S/C11H13N3O5/c1-2-19-10(18)7-4-12-11(13-9(7)17)14-5-6(15)3-8(14)16/h4,6,15H,2-3,5H2,1H3,(H,12,13,17). The highest BCUT2D eigenvalue weighted by Crippen LogP contribution is 2.16. The van der Waals surface area contributed by atoms with Crippen LogP contribution < -0.4 is 10.5 Å². The zero-order valence-electron chi connectivity index (χ0n) is 10.3. The number of H-pyrrole nitrogens is 1. The predicted molar refractivity (Wildman–Crippen MR) is 63.8 cm³/mol. The highest BCUT2D eigenvalue weighted by atomic mass is 16.5. The molecule has 2 rings (SSSR count). The molecule has 1 fully saturated rings. The largest absolute Gasteiger partial charge is 0.462 e. The molecule has 1 aliphatic rings. The lowest BCUT2D eigenvalue weighted by atomic mass is 10.3. The molecule has 2 heterocycles. The van der Waals surface area contributed by atoms with Crippen LogP contribution in [0.4, 0.5) is 5.95 Å². The van der Waals surface area contributed by atoms with Crippen LogP contribution in [0.1, 0.15) is 23.7 Å². The molecular weight excluding hydrogens is 254 g/mol. The van der Waals surface area contributed by atoms with Gasteiger partial charge < -0.3 is 9.84 Å². The van der Waals surface area contributed by atoms with Crippen molar-refractivity contribution in [2.75, 3.05) is 18.1 Å². The SMILES string of the molecule is CCOC(=O)c1cnc(N2CC(O)CC2=O)[nH]c1=O. The molecule has 0 radical (unpaired) electrons. The van der Waals surface area contributed by atoms with Crippen molar-refractivity contribution in [1.82, 2.24) is 9.97 Å². The molecule has 1 unspecified atom stereocenters. The van der Waals surface area contributed by atoms with Gasteiger partial charge in [0.2, 0.25) is 11.9 Å². The molecule has 1 atom stereocenters. The zero-order valence-corrected chi connectivity index (χ0v) is 10.3. The van der Waals surface area contributed by atoms with E-state index in [4.69, 9.17) is 4.74 Å². The van der Waals surface area contributed by atoms with Crippen LogP contribution >= 0.6 is 0 Å². The molecule has 1 aliphatic heterocycles. The van der Waals surface area contributed by atoms with Gasteiger partial charge in [-0.25, -0.2) is 9.78 Å². The molecule has 0 spiro atoms. The summed E-state index contributed by atoms with van der Waals surface area (Å²) in [4.78, 5) is 42.0. The first-order valence-corrected chi connectivity index (χ1v) is 5.77. The summed E-state index contributed by atoms with van der Waals surface area (Å²) < 4.78 is 4.69. The number of nitrogens with one attached hydrogen (secondary N) is 1. The first-order valence-electron chi connectivity index (χ1n) is 5.77. The number of hydrogen-bond acceptors (Lipinski definition) is 6. The number of carbonyl (C=O) groups is 2. The van der Waals surface area contributed by atoms with Gasteiger partial charge in [-0.05, 0) is 6.92 Å². The van der Waals surface area contributed by atoms with Gasteiger partial charge in [0.25, 0.3) is 5.56 Å². The summed E-state index contributed by atoms with van der Waals surface area (Å²) in [5, 5.41) is 9.36. The van der Waals surface area contributed by atoms with Gasteiger partial charge in [-0.1, -0.05) is 0 Å². The lowest BCUT2D eigenvalue weighted by Gasteiger charge is -2.13. The number of aliphatic hydroxyl groups is 1. The van der Waals surface area contributed by atoms with Crippen molar-refractivity contribution in [3.63, 3.8) is 0 Å². The van der Waals surface area contributed by atoms with Gasteiger partial charge in [0, 0.05) is 0 Å². The van der Waals surface area contributed by atoms with E-state index in [0.717, 1.165) is 6.20 Å². The summed E-state index contributed by atoms with van der Waals surface area (Å²) in [5.74, 6) is -1.09. The smallest absolute Gasteiger partial charge is 0.345 e. The van der Waals surface area contributed by atoms with Gasteiger partial charge in [-0.2, -0.15) is 0 Å². The molecule has 0 aromatic carbocycles. The Morgan fingerprint density at radius 1 is 1.63 bits per heavy atom. The normalized spacial score (nSPS) is 18.7. The van der Waals surface area contributed by atoms with E-state index in [9.17, 15) is 19.5 Å². The van der Waals surface area contributed by atoms with Crippen LogP contribution in [-0.4, -0.2) is 46.2 Å². The minimum atomic E-state index is -0.775. The third kappa shape index (κ3) is 2.63. The summed E-state index contributed by atoms with van der Waals surface area (Å²) in [5.41, 5.74) is -0.907. The molecule has 1 aromatic heterocycles. The van der Waals surface area contributed by atoms with Crippen molar-refractivity contribution < 1.29 is 19.4 Å². The molecule has 1 amide bonds. The van der Waals surface area contributed by atoms with Crippen molar-refractivity contribution >= 4 is 17.8 Å². The van der Waals surface area contributed by atoms with Crippen molar-refractivity contribution in [3.05, 3.63) is 22.1 Å². The second-order valence-electron chi connectivity index (χ2n) is 4.03. The quantitative estimate of drug-likeness (QED) is 0.682. The number of carbonyl (C=O) groups excluding carboxylic acids is 2. The van der Waals surface area contributed by atoms with Gasteiger partial charge in [-0.3, -0.25) is 19.5 Å². The number of β-amino-alcohol motifs (C(OH)–C–C–N with tert-alkyl or cyclic N) is 1. The van der Waals surface area contributed by atoms with Crippen LogP contribution in [0.15, 0.2) is 11.0 Å². The highest BCUT2D eigenvalue weighted by Gasteiger charge is 2.31. The number of ether oxygens (including phenoxy) is 1. The monoisotopic (exact) mass is 267 g/mol. The fourth-order valence-corrected chi connectivity index (χ4v) is 1.77. The van der Waals surface area contributed by atoms with E-state index >= 15 is 0 Å². The third-order valence-electron chi connectivity index (χ3n) is 2.64. The zero-order chi connectivity index (χ0) is 14.0. The Morgan fingerprint density at radius 3 is 2.89 bits per heavy atom. The maximum Gasteiger partial charge on any atom is 0.345 e. The number of rotatable bonds is 3. The molecular formula is C11H13N3O5. The first kappa shape index (κ1) is 13.2. The number of aromatic nitrogens is 2.